The number of rotatable bonds is 7. The average Bonchev–Trinajstić information content (AvgIpc) is 2.86. The van der Waals surface area contributed by atoms with Crippen LogP contribution in [0.1, 0.15) is 43.1 Å². The molecule has 0 saturated carbocycles. The number of nitrogens with one attached hydrogen (secondary N) is 1. The molecule has 1 unspecified atom stereocenters. The van der Waals surface area contributed by atoms with E-state index < -0.39 is 0 Å². The minimum atomic E-state index is 0.301. The summed E-state index contributed by atoms with van der Waals surface area (Å²) in [6.07, 6.45) is 5.18. The Hall–Kier alpha value is -1.32. The molecule has 1 aromatic heterocycles. The third-order valence-corrected chi connectivity index (χ3v) is 3.89. The third-order valence-electron chi connectivity index (χ3n) is 3.64. The maximum absolute atomic E-state index is 5.97. The zero-order chi connectivity index (χ0) is 15.2. The molecule has 1 heterocycles. The quantitative estimate of drug-likeness (QED) is 0.840. The molecule has 0 aliphatic heterocycles. The predicted octanol–water partition coefficient (Wildman–Crippen LogP) is 3.92. The van der Waals surface area contributed by atoms with Gasteiger partial charge in [-0.2, -0.15) is 5.10 Å². The van der Waals surface area contributed by atoms with E-state index in [4.69, 9.17) is 11.6 Å². The van der Waals surface area contributed by atoms with Gasteiger partial charge in [-0.05, 0) is 43.5 Å². The van der Waals surface area contributed by atoms with Crippen molar-refractivity contribution in [1.82, 2.24) is 15.1 Å². The summed E-state index contributed by atoms with van der Waals surface area (Å²) in [6.45, 7) is 5.36. The predicted molar refractivity (Wildman–Crippen MR) is 88.8 cm³/mol. The summed E-state index contributed by atoms with van der Waals surface area (Å²) in [4.78, 5) is 0. The molecule has 0 aliphatic rings. The fraction of sp³-hybridized carbons (Fsp3) is 0.471. The largest absolute Gasteiger partial charge is 0.310 e. The van der Waals surface area contributed by atoms with Gasteiger partial charge in [0.1, 0.15) is 0 Å². The average molecular weight is 306 g/mol. The van der Waals surface area contributed by atoms with Crippen LogP contribution in [-0.2, 0) is 19.9 Å². The van der Waals surface area contributed by atoms with Crippen molar-refractivity contribution >= 4 is 11.6 Å². The Morgan fingerprint density at radius 2 is 1.95 bits per heavy atom. The smallest absolute Gasteiger partial charge is 0.0669 e. The summed E-state index contributed by atoms with van der Waals surface area (Å²) in [5.74, 6) is 0. The van der Waals surface area contributed by atoms with Crippen molar-refractivity contribution in [2.45, 2.75) is 39.2 Å². The lowest BCUT2D eigenvalue weighted by Crippen LogP contribution is -2.24. The Morgan fingerprint density at radius 1 is 1.24 bits per heavy atom. The van der Waals surface area contributed by atoms with Gasteiger partial charge >= 0.3 is 0 Å². The topological polar surface area (TPSA) is 29.9 Å². The van der Waals surface area contributed by atoms with E-state index in [1.807, 2.05) is 23.9 Å². The minimum Gasteiger partial charge on any atom is -0.310 e. The molecule has 21 heavy (non-hydrogen) atoms. The molecule has 1 N–H and O–H groups in total. The summed E-state index contributed by atoms with van der Waals surface area (Å²) in [5.41, 5.74) is 3.78. The minimum absolute atomic E-state index is 0.301. The molecule has 0 bridgehead atoms. The van der Waals surface area contributed by atoms with Gasteiger partial charge in [0.2, 0.25) is 0 Å². The number of hydrogen-bond acceptors (Lipinski definition) is 2. The van der Waals surface area contributed by atoms with Crippen LogP contribution in [0.2, 0.25) is 5.02 Å². The highest BCUT2D eigenvalue weighted by molar-refractivity contribution is 6.30. The number of halogens is 1. The van der Waals surface area contributed by atoms with Gasteiger partial charge in [-0.15, -0.1) is 0 Å². The summed E-state index contributed by atoms with van der Waals surface area (Å²) >= 11 is 5.97. The molecule has 0 saturated heterocycles. The Morgan fingerprint density at radius 3 is 2.57 bits per heavy atom. The third kappa shape index (κ3) is 4.32. The molecule has 3 nitrogen and oxygen atoms in total. The van der Waals surface area contributed by atoms with Crippen molar-refractivity contribution in [2.75, 3.05) is 6.54 Å². The van der Waals surface area contributed by atoms with Gasteiger partial charge in [0.05, 0.1) is 5.69 Å². The van der Waals surface area contributed by atoms with Gasteiger partial charge in [-0.25, -0.2) is 0 Å². The molecule has 0 amide bonds. The molecule has 4 heteroatoms. The molecule has 2 aromatic rings. The van der Waals surface area contributed by atoms with Crippen molar-refractivity contribution in [1.29, 1.82) is 0 Å². The van der Waals surface area contributed by atoms with Crippen LogP contribution in [0.25, 0.3) is 0 Å². The second-order valence-electron chi connectivity index (χ2n) is 5.40. The molecule has 1 aromatic carbocycles. The van der Waals surface area contributed by atoms with Gasteiger partial charge in [0.15, 0.2) is 0 Å². The Labute approximate surface area is 132 Å². The number of aromatic nitrogens is 2. The summed E-state index contributed by atoms with van der Waals surface area (Å²) < 4.78 is 1.91. The van der Waals surface area contributed by atoms with Crippen LogP contribution < -0.4 is 5.32 Å². The van der Waals surface area contributed by atoms with Crippen LogP contribution in [0, 0.1) is 0 Å². The van der Waals surface area contributed by atoms with Gasteiger partial charge in [-0.3, -0.25) is 4.68 Å². The van der Waals surface area contributed by atoms with Gasteiger partial charge in [-0.1, -0.05) is 37.6 Å². The summed E-state index contributed by atoms with van der Waals surface area (Å²) in [6, 6.07) is 8.42. The first-order chi connectivity index (χ1) is 10.1. The van der Waals surface area contributed by atoms with Crippen molar-refractivity contribution in [2.24, 2.45) is 7.05 Å². The lowest BCUT2D eigenvalue weighted by molar-refractivity contribution is 0.525. The van der Waals surface area contributed by atoms with Crippen LogP contribution in [0.3, 0.4) is 0 Å². The van der Waals surface area contributed by atoms with E-state index in [0.717, 1.165) is 30.8 Å². The number of hydrogen-bond donors (Lipinski definition) is 1. The Balaban J connectivity index is 2.22. The van der Waals surface area contributed by atoms with E-state index >= 15 is 0 Å². The van der Waals surface area contributed by atoms with E-state index in [9.17, 15) is 0 Å². The van der Waals surface area contributed by atoms with E-state index in [-0.39, 0.29) is 0 Å². The van der Waals surface area contributed by atoms with Crippen LogP contribution in [0.5, 0.6) is 0 Å². The molecule has 2 rings (SSSR count). The first kappa shape index (κ1) is 16.1. The first-order valence-corrected chi connectivity index (χ1v) is 8.02. The van der Waals surface area contributed by atoms with E-state index in [0.29, 0.717) is 6.04 Å². The number of benzene rings is 1. The Kier molecular flexibility index (Phi) is 5.83. The van der Waals surface area contributed by atoms with Crippen LogP contribution in [-0.4, -0.2) is 16.3 Å². The van der Waals surface area contributed by atoms with Crippen LogP contribution >= 0.6 is 11.6 Å². The second-order valence-corrected chi connectivity index (χ2v) is 5.83. The first-order valence-electron chi connectivity index (χ1n) is 7.64. The van der Waals surface area contributed by atoms with Crippen molar-refractivity contribution in [3.63, 3.8) is 0 Å². The second kappa shape index (κ2) is 7.62. The van der Waals surface area contributed by atoms with Crippen LogP contribution in [0.4, 0.5) is 0 Å². The monoisotopic (exact) mass is 305 g/mol. The van der Waals surface area contributed by atoms with Gasteiger partial charge in [0, 0.05) is 29.9 Å². The standard InChI is InChI=1S/C17H24ClN3/c1-4-10-19-17(11-13-6-8-14(18)9-7-13)15-12-21(3)20-16(15)5-2/h6-9,12,17,19H,4-5,10-11H2,1-3H3. The van der Waals surface area contributed by atoms with Crippen molar-refractivity contribution in [3.05, 3.63) is 52.3 Å². The van der Waals surface area contributed by atoms with Gasteiger partial charge in [0.25, 0.3) is 0 Å². The number of aryl methyl sites for hydroxylation is 2. The number of nitrogens with zero attached hydrogens (tertiary/aromatic N) is 2. The molecule has 0 fully saturated rings. The SMILES string of the molecule is CCCNC(Cc1ccc(Cl)cc1)c1cn(C)nc1CC. The van der Waals surface area contributed by atoms with E-state index in [2.05, 4.69) is 42.6 Å². The molecule has 0 aliphatic carbocycles. The van der Waals surface area contributed by atoms with Gasteiger partial charge < -0.3 is 5.32 Å². The fourth-order valence-electron chi connectivity index (χ4n) is 2.59. The Bertz CT molecular complexity index is 560. The maximum Gasteiger partial charge on any atom is 0.0669 e. The summed E-state index contributed by atoms with van der Waals surface area (Å²) in [5, 5.41) is 9.00. The highest BCUT2D eigenvalue weighted by atomic mass is 35.5. The molecular formula is C17H24ClN3. The molecule has 0 spiro atoms. The fourth-order valence-corrected chi connectivity index (χ4v) is 2.71. The molecule has 1 atom stereocenters. The normalized spacial score (nSPS) is 12.6. The van der Waals surface area contributed by atoms with E-state index in [1.165, 1.54) is 16.8 Å². The highest BCUT2D eigenvalue weighted by Gasteiger charge is 2.17. The van der Waals surface area contributed by atoms with E-state index in [1.54, 1.807) is 0 Å². The molecular weight excluding hydrogens is 282 g/mol. The van der Waals surface area contributed by atoms with Crippen LogP contribution in [0.15, 0.2) is 30.5 Å². The molecule has 114 valence electrons. The lowest BCUT2D eigenvalue weighted by Gasteiger charge is -2.19. The maximum atomic E-state index is 5.97. The highest BCUT2D eigenvalue weighted by Crippen LogP contribution is 2.23. The zero-order valence-electron chi connectivity index (χ0n) is 13.1. The van der Waals surface area contributed by atoms with Crippen molar-refractivity contribution in [3.8, 4) is 0 Å². The summed E-state index contributed by atoms with van der Waals surface area (Å²) in [7, 11) is 1.99. The van der Waals surface area contributed by atoms with Crippen molar-refractivity contribution < 1.29 is 0 Å². The lowest BCUT2D eigenvalue weighted by atomic mass is 9.98. The molecule has 0 radical (unpaired) electrons. The zero-order valence-corrected chi connectivity index (χ0v) is 13.8.